The fourth-order valence-corrected chi connectivity index (χ4v) is 3.45. The maximum absolute atomic E-state index is 12.6. The van der Waals surface area contributed by atoms with Crippen molar-refractivity contribution in [3.63, 3.8) is 0 Å². The molecule has 28 heavy (non-hydrogen) atoms. The number of hydrogen-bond acceptors (Lipinski definition) is 4. The van der Waals surface area contributed by atoms with Crippen LogP contribution in [0.15, 0.2) is 4.79 Å². The van der Waals surface area contributed by atoms with Crippen LogP contribution in [-0.2, 0) is 23.1 Å². The number of nitrogens with one attached hydrogen (secondary N) is 2. The van der Waals surface area contributed by atoms with Gasteiger partial charge in [-0.2, -0.15) is 5.10 Å². The zero-order valence-electron chi connectivity index (χ0n) is 17.9. The second kappa shape index (κ2) is 8.16. The molecule has 0 aliphatic carbocycles. The van der Waals surface area contributed by atoms with Crippen LogP contribution in [0.4, 0.5) is 0 Å². The lowest BCUT2D eigenvalue weighted by molar-refractivity contribution is -0.136. The maximum atomic E-state index is 12.6. The van der Waals surface area contributed by atoms with Gasteiger partial charge in [0.05, 0.1) is 12.2 Å². The highest BCUT2D eigenvalue weighted by atomic mass is 16.2. The van der Waals surface area contributed by atoms with Crippen LogP contribution in [0.25, 0.3) is 11.0 Å². The van der Waals surface area contributed by atoms with Crippen LogP contribution in [-0.4, -0.2) is 50.1 Å². The second-order valence-corrected chi connectivity index (χ2v) is 8.20. The van der Waals surface area contributed by atoms with Crippen LogP contribution in [0.1, 0.15) is 50.9 Å². The minimum atomic E-state index is -0.346. The molecular formula is C20H31N5O3. The van der Waals surface area contributed by atoms with Crippen molar-refractivity contribution in [3.8, 4) is 0 Å². The molecule has 0 fully saturated rings. The van der Waals surface area contributed by atoms with Gasteiger partial charge in [-0.05, 0) is 53.5 Å². The third kappa shape index (κ3) is 4.79. The number of pyridine rings is 1. The molecule has 2 N–H and O–H groups in total. The van der Waals surface area contributed by atoms with E-state index in [1.54, 1.807) is 11.7 Å². The van der Waals surface area contributed by atoms with Gasteiger partial charge < -0.3 is 15.2 Å². The van der Waals surface area contributed by atoms with Crippen molar-refractivity contribution in [2.24, 2.45) is 7.05 Å². The largest absolute Gasteiger partial charge is 0.350 e. The van der Waals surface area contributed by atoms with Crippen LogP contribution in [0.2, 0.25) is 0 Å². The minimum Gasteiger partial charge on any atom is -0.350 e. The van der Waals surface area contributed by atoms with E-state index < -0.39 is 0 Å². The Morgan fingerprint density at radius 3 is 2.46 bits per heavy atom. The summed E-state index contributed by atoms with van der Waals surface area (Å²) < 4.78 is 1.65. The number of nitrogens with zero attached hydrogens (tertiary/aromatic N) is 3. The van der Waals surface area contributed by atoms with Crippen LogP contribution in [0.3, 0.4) is 0 Å². The lowest BCUT2D eigenvalue weighted by Gasteiger charge is -2.25. The van der Waals surface area contributed by atoms with Gasteiger partial charge >= 0.3 is 0 Å². The Balaban J connectivity index is 2.14. The van der Waals surface area contributed by atoms with Crippen LogP contribution < -0.4 is 10.9 Å². The summed E-state index contributed by atoms with van der Waals surface area (Å²) >= 11 is 0. The van der Waals surface area contributed by atoms with E-state index in [4.69, 9.17) is 0 Å². The molecule has 2 heterocycles. The summed E-state index contributed by atoms with van der Waals surface area (Å²) in [7, 11) is 1.79. The van der Waals surface area contributed by atoms with Crippen LogP contribution in [0.5, 0.6) is 0 Å². The zero-order chi connectivity index (χ0) is 21.2. The molecule has 2 amide bonds. The van der Waals surface area contributed by atoms with Gasteiger partial charge in [-0.1, -0.05) is 0 Å². The first kappa shape index (κ1) is 21.7. The number of likely N-dealkylation sites (N-methyl/N-ethyl adjacent to an activating group) is 1. The number of carbonyl (C=O) groups excluding carboxylic acids is 2. The number of carbonyl (C=O) groups is 2. The van der Waals surface area contributed by atoms with Gasteiger partial charge in [-0.25, -0.2) is 0 Å². The average Bonchev–Trinajstić information content (AvgIpc) is 2.84. The van der Waals surface area contributed by atoms with Crippen LogP contribution >= 0.6 is 0 Å². The molecular weight excluding hydrogens is 358 g/mol. The van der Waals surface area contributed by atoms with Crippen molar-refractivity contribution >= 4 is 22.8 Å². The lowest BCUT2D eigenvalue weighted by Crippen LogP contribution is -2.47. The molecule has 2 aromatic rings. The van der Waals surface area contributed by atoms with Crippen LogP contribution in [0, 0.1) is 13.8 Å². The number of aromatic amines is 1. The van der Waals surface area contributed by atoms with Crippen molar-refractivity contribution in [2.75, 3.05) is 13.1 Å². The number of rotatable bonds is 6. The third-order valence-electron chi connectivity index (χ3n) is 4.73. The summed E-state index contributed by atoms with van der Waals surface area (Å²) in [5.41, 5.74) is 2.42. The van der Waals surface area contributed by atoms with Crippen molar-refractivity contribution in [3.05, 3.63) is 27.2 Å². The molecule has 0 saturated carbocycles. The summed E-state index contributed by atoms with van der Waals surface area (Å²) in [6.45, 7) is 11.8. The molecule has 0 aliphatic rings. The summed E-state index contributed by atoms with van der Waals surface area (Å²) in [6.07, 6.45) is 0.493. The summed E-state index contributed by atoms with van der Waals surface area (Å²) in [4.78, 5) is 41.7. The van der Waals surface area contributed by atoms with Gasteiger partial charge in [-0.3, -0.25) is 19.1 Å². The Morgan fingerprint density at radius 2 is 1.89 bits per heavy atom. The van der Waals surface area contributed by atoms with Gasteiger partial charge in [0.25, 0.3) is 5.56 Å². The molecule has 2 aromatic heterocycles. The molecule has 0 radical (unpaired) electrons. The van der Waals surface area contributed by atoms with Crippen molar-refractivity contribution in [1.82, 2.24) is 25.0 Å². The van der Waals surface area contributed by atoms with Crippen molar-refractivity contribution < 1.29 is 9.59 Å². The predicted octanol–water partition coefficient (Wildman–Crippen LogP) is 1.57. The molecule has 2 rings (SSSR count). The van der Waals surface area contributed by atoms with E-state index in [1.807, 2.05) is 41.5 Å². The monoisotopic (exact) mass is 389 g/mol. The molecule has 0 unspecified atom stereocenters. The molecule has 8 nitrogen and oxygen atoms in total. The van der Waals surface area contributed by atoms with Crippen molar-refractivity contribution in [2.45, 2.75) is 59.9 Å². The lowest BCUT2D eigenvalue weighted by atomic mass is 10.0. The number of aryl methyl sites for hydroxylation is 3. The predicted molar refractivity (Wildman–Crippen MR) is 109 cm³/mol. The third-order valence-corrected chi connectivity index (χ3v) is 4.73. The molecule has 154 valence electrons. The average molecular weight is 390 g/mol. The highest BCUT2D eigenvalue weighted by Crippen LogP contribution is 2.21. The highest BCUT2D eigenvalue weighted by molar-refractivity contribution is 5.86. The smallest absolute Gasteiger partial charge is 0.253 e. The second-order valence-electron chi connectivity index (χ2n) is 8.20. The highest BCUT2D eigenvalue weighted by Gasteiger charge is 2.21. The van der Waals surface area contributed by atoms with E-state index >= 15 is 0 Å². The van der Waals surface area contributed by atoms with E-state index in [2.05, 4.69) is 15.4 Å². The first-order valence-electron chi connectivity index (χ1n) is 9.58. The Bertz CT molecular complexity index is 949. The summed E-state index contributed by atoms with van der Waals surface area (Å²) in [5.74, 6) is -0.336. The molecule has 0 aliphatic heterocycles. The van der Waals surface area contributed by atoms with Gasteiger partial charge in [0.2, 0.25) is 11.8 Å². The Kier molecular flexibility index (Phi) is 6.31. The van der Waals surface area contributed by atoms with Gasteiger partial charge in [0, 0.05) is 36.5 Å². The Hall–Kier alpha value is -2.64. The first-order valence-corrected chi connectivity index (χ1v) is 9.58. The van der Waals surface area contributed by atoms with E-state index in [-0.39, 0.29) is 35.9 Å². The molecule has 0 bridgehead atoms. The van der Waals surface area contributed by atoms with E-state index in [1.165, 1.54) is 4.90 Å². The standard InChI is InChI=1S/C20H31N5O3/c1-8-25(11-15(26)22-20(4,5)6)16(27)10-9-14-12(2)17-13(3)23-24(7)18(17)21-19(14)28/h8-11H2,1-7H3,(H,21,28)(H,22,26). The maximum Gasteiger partial charge on any atom is 0.253 e. The fourth-order valence-electron chi connectivity index (χ4n) is 3.45. The number of aromatic nitrogens is 3. The molecule has 0 spiro atoms. The minimum absolute atomic E-state index is 0.0166. The molecule has 0 saturated heterocycles. The van der Waals surface area contributed by atoms with E-state index in [9.17, 15) is 14.4 Å². The van der Waals surface area contributed by atoms with Gasteiger partial charge in [0.15, 0.2) is 0 Å². The summed E-state index contributed by atoms with van der Waals surface area (Å²) in [5, 5.41) is 8.14. The first-order chi connectivity index (χ1) is 12.9. The normalized spacial score (nSPS) is 11.7. The molecule has 0 aromatic carbocycles. The molecule has 0 atom stereocenters. The SMILES string of the molecule is CCN(CC(=O)NC(C)(C)C)C(=O)CCc1c(C)c2c(C)nn(C)c2[nH]c1=O. The van der Waals surface area contributed by atoms with Gasteiger partial charge in [-0.15, -0.1) is 0 Å². The number of H-pyrrole nitrogens is 1. The topological polar surface area (TPSA) is 100 Å². The van der Waals surface area contributed by atoms with E-state index in [0.717, 1.165) is 16.6 Å². The number of fused-ring (bicyclic) bond motifs is 1. The Morgan fingerprint density at radius 1 is 1.25 bits per heavy atom. The fraction of sp³-hybridized carbons (Fsp3) is 0.600. The van der Waals surface area contributed by atoms with E-state index in [0.29, 0.717) is 24.2 Å². The number of amides is 2. The molecule has 8 heteroatoms. The quantitative estimate of drug-likeness (QED) is 0.783. The summed E-state index contributed by atoms with van der Waals surface area (Å²) in [6, 6.07) is 0. The van der Waals surface area contributed by atoms with Crippen molar-refractivity contribution in [1.29, 1.82) is 0 Å². The van der Waals surface area contributed by atoms with Gasteiger partial charge in [0.1, 0.15) is 5.65 Å². The Labute approximate surface area is 165 Å². The zero-order valence-corrected chi connectivity index (χ0v) is 17.9. The number of hydrogen-bond donors (Lipinski definition) is 2.